The molecule has 0 aromatic carbocycles. The van der Waals surface area contributed by atoms with Crippen molar-refractivity contribution in [2.45, 2.75) is 57.1 Å². The Bertz CT molecular complexity index is 375. The third-order valence-electron chi connectivity index (χ3n) is 3.28. The van der Waals surface area contributed by atoms with Gasteiger partial charge in [-0.2, -0.15) is 4.98 Å². The van der Waals surface area contributed by atoms with Crippen LogP contribution in [-0.4, -0.2) is 22.8 Å². The first-order valence-electron chi connectivity index (χ1n) is 6.12. The fourth-order valence-electron chi connectivity index (χ4n) is 2.37. The molecule has 2 N–H and O–H groups in total. The molecule has 17 heavy (non-hydrogen) atoms. The van der Waals surface area contributed by atoms with Gasteiger partial charge in [0.2, 0.25) is 11.7 Å². The van der Waals surface area contributed by atoms with Crippen molar-refractivity contribution in [3.63, 3.8) is 0 Å². The Morgan fingerprint density at radius 1 is 1.41 bits per heavy atom. The van der Waals surface area contributed by atoms with Crippen LogP contribution in [0.5, 0.6) is 0 Å². The molecule has 1 aliphatic carbocycles. The minimum absolute atomic E-state index is 0.333. The number of hydrogen-bond acceptors (Lipinski definition) is 5. The Balaban J connectivity index is 2.17. The maximum atomic E-state index is 5.94. The second-order valence-electron chi connectivity index (χ2n) is 5.58. The molecule has 0 amide bonds. The lowest BCUT2D eigenvalue weighted by Crippen LogP contribution is -2.34. The highest BCUT2D eigenvalue weighted by molar-refractivity contribution is 5.05. The molecule has 1 fully saturated rings. The van der Waals surface area contributed by atoms with Crippen LogP contribution in [0.25, 0.3) is 0 Å². The molecule has 1 aliphatic rings. The van der Waals surface area contributed by atoms with E-state index in [0.29, 0.717) is 18.1 Å². The first kappa shape index (κ1) is 12.5. The molecule has 1 aromatic heterocycles. The SMILES string of the molecule is COC1(c2noc(CC(C)(C)N)n2)CCCC1. The zero-order valence-corrected chi connectivity index (χ0v) is 10.8. The lowest BCUT2D eigenvalue weighted by atomic mass is 10.0. The van der Waals surface area contributed by atoms with Gasteiger partial charge in [0.05, 0.1) is 0 Å². The molecule has 2 rings (SSSR count). The zero-order chi connectivity index (χ0) is 12.5. The van der Waals surface area contributed by atoms with Gasteiger partial charge in [0.1, 0.15) is 5.60 Å². The zero-order valence-electron chi connectivity index (χ0n) is 10.8. The summed E-state index contributed by atoms with van der Waals surface area (Å²) < 4.78 is 10.9. The average molecular weight is 239 g/mol. The summed E-state index contributed by atoms with van der Waals surface area (Å²) in [7, 11) is 1.72. The highest BCUT2D eigenvalue weighted by Gasteiger charge is 2.40. The predicted octanol–water partition coefficient (Wildman–Crippen LogP) is 1.77. The molecule has 96 valence electrons. The Morgan fingerprint density at radius 2 is 2.06 bits per heavy atom. The second kappa shape index (κ2) is 4.38. The van der Waals surface area contributed by atoms with Crippen molar-refractivity contribution in [1.82, 2.24) is 10.1 Å². The van der Waals surface area contributed by atoms with Crippen molar-refractivity contribution in [3.05, 3.63) is 11.7 Å². The quantitative estimate of drug-likeness (QED) is 0.866. The van der Waals surface area contributed by atoms with Crippen LogP contribution in [0, 0.1) is 0 Å². The molecule has 0 unspecified atom stereocenters. The van der Waals surface area contributed by atoms with Gasteiger partial charge in [-0.1, -0.05) is 5.16 Å². The van der Waals surface area contributed by atoms with Gasteiger partial charge in [-0.15, -0.1) is 0 Å². The average Bonchev–Trinajstić information content (AvgIpc) is 2.83. The van der Waals surface area contributed by atoms with Crippen LogP contribution in [0.2, 0.25) is 0 Å². The topological polar surface area (TPSA) is 74.2 Å². The Morgan fingerprint density at radius 3 is 2.59 bits per heavy atom. The maximum absolute atomic E-state index is 5.94. The van der Waals surface area contributed by atoms with Crippen LogP contribution in [-0.2, 0) is 16.8 Å². The van der Waals surface area contributed by atoms with E-state index in [2.05, 4.69) is 10.1 Å². The number of rotatable bonds is 4. The molecular formula is C12H21N3O2. The third-order valence-corrected chi connectivity index (χ3v) is 3.28. The second-order valence-corrected chi connectivity index (χ2v) is 5.58. The van der Waals surface area contributed by atoms with Crippen molar-refractivity contribution < 1.29 is 9.26 Å². The van der Waals surface area contributed by atoms with Gasteiger partial charge in [0.15, 0.2) is 0 Å². The van der Waals surface area contributed by atoms with Gasteiger partial charge in [-0.25, -0.2) is 0 Å². The van der Waals surface area contributed by atoms with Gasteiger partial charge in [-0.3, -0.25) is 0 Å². The minimum atomic E-state index is -0.334. The maximum Gasteiger partial charge on any atom is 0.228 e. The van der Waals surface area contributed by atoms with Crippen LogP contribution in [0.1, 0.15) is 51.2 Å². The van der Waals surface area contributed by atoms with E-state index in [9.17, 15) is 0 Å². The summed E-state index contributed by atoms with van der Waals surface area (Å²) in [5.41, 5.74) is 5.27. The van der Waals surface area contributed by atoms with E-state index < -0.39 is 0 Å². The highest BCUT2D eigenvalue weighted by Crippen LogP contribution is 2.40. The number of ether oxygens (including phenoxy) is 1. The van der Waals surface area contributed by atoms with Crippen LogP contribution in [0.3, 0.4) is 0 Å². The largest absolute Gasteiger partial charge is 0.370 e. The molecule has 5 nitrogen and oxygen atoms in total. The van der Waals surface area contributed by atoms with E-state index in [1.54, 1.807) is 7.11 Å². The van der Waals surface area contributed by atoms with E-state index >= 15 is 0 Å². The highest BCUT2D eigenvalue weighted by atomic mass is 16.5. The number of nitrogens with two attached hydrogens (primary N) is 1. The van der Waals surface area contributed by atoms with Crippen molar-refractivity contribution in [3.8, 4) is 0 Å². The van der Waals surface area contributed by atoms with Crippen molar-refractivity contribution in [2.24, 2.45) is 5.73 Å². The lowest BCUT2D eigenvalue weighted by Gasteiger charge is -2.22. The van der Waals surface area contributed by atoms with Crippen molar-refractivity contribution >= 4 is 0 Å². The van der Waals surface area contributed by atoms with Crippen LogP contribution in [0.15, 0.2) is 4.52 Å². The molecule has 1 heterocycles. The van der Waals surface area contributed by atoms with Gasteiger partial charge < -0.3 is 15.0 Å². The molecule has 0 atom stereocenters. The monoisotopic (exact) mass is 239 g/mol. The summed E-state index contributed by atoms with van der Waals surface area (Å²) in [5, 5.41) is 4.06. The van der Waals surface area contributed by atoms with E-state index in [-0.39, 0.29) is 11.1 Å². The molecule has 0 bridgehead atoms. The summed E-state index contributed by atoms with van der Waals surface area (Å²) in [4.78, 5) is 4.44. The smallest absolute Gasteiger partial charge is 0.228 e. The normalized spacial score (nSPS) is 19.8. The van der Waals surface area contributed by atoms with E-state index in [1.807, 2.05) is 13.8 Å². The number of nitrogens with zero attached hydrogens (tertiary/aromatic N) is 2. The molecule has 1 saturated carbocycles. The van der Waals surface area contributed by atoms with Crippen molar-refractivity contribution in [2.75, 3.05) is 7.11 Å². The predicted molar refractivity (Wildman–Crippen MR) is 63.4 cm³/mol. The first-order chi connectivity index (χ1) is 7.95. The van der Waals surface area contributed by atoms with Gasteiger partial charge in [-0.05, 0) is 39.5 Å². The van der Waals surface area contributed by atoms with Gasteiger partial charge in [0.25, 0.3) is 0 Å². The lowest BCUT2D eigenvalue weighted by molar-refractivity contribution is -0.0178. The molecular weight excluding hydrogens is 218 g/mol. The molecule has 0 aliphatic heterocycles. The molecule has 0 saturated heterocycles. The van der Waals surface area contributed by atoms with Crippen LogP contribution in [0.4, 0.5) is 0 Å². The molecule has 0 spiro atoms. The molecule has 1 aromatic rings. The first-order valence-corrected chi connectivity index (χ1v) is 6.12. The summed E-state index contributed by atoms with van der Waals surface area (Å²) in [5.74, 6) is 1.27. The third kappa shape index (κ3) is 2.66. The number of methoxy groups -OCH3 is 1. The summed E-state index contributed by atoms with van der Waals surface area (Å²) in [6, 6.07) is 0. The minimum Gasteiger partial charge on any atom is -0.370 e. The summed E-state index contributed by atoms with van der Waals surface area (Å²) >= 11 is 0. The van der Waals surface area contributed by atoms with Crippen molar-refractivity contribution in [1.29, 1.82) is 0 Å². The molecule has 0 radical (unpaired) electrons. The number of hydrogen-bond donors (Lipinski definition) is 1. The van der Waals surface area contributed by atoms with Crippen LogP contribution < -0.4 is 5.73 Å². The summed E-state index contributed by atoms with van der Waals surface area (Å²) in [6.07, 6.45) is 4.82. The van der Waals surface area contributed by atoms with Gasteiger partial charge in [0, 0.05) is 19.1 Å². The van der Waals surface area contributed by atoms with Crippen LogP contribution >= 0.6 is 0 Å². The van der Waals surface area contributed by atoms with E-state index in [0.717, 1.165) is 25.7 Å². The Labute approximate surface area is 102 Å². The molecule has 5 heteroatoms. The fourth-order valence-corrected chi connectivity index (χ4v) is 2.37. The van der Waals surface area contributed by atoms with Gasteiger partial charge >= 0.3 is 0 Å². The Kier molecular flexibility index (Phi) is 3.23. The standard InChI is InChI=1S/C12H21N3O2/c1-11(2,13)8-9-14-10(15-17-9)12(16-3)6-4-5-7-12/h4-8,13H2,1-3H3. The number of aromatic nitrogens is 2. The van der Waals surface area contributed by atoms with E-state index in [1.165, 1.54) is 0 Å². The summed E-state index contributed by atoms with van der Waals surface area (Å²) in [6.45, 7) is 3.89. The Hall–Kier alpha value is -0.940. The fraction of sp³-hybridized carbons (Fsp3) is 0.833. The van der Waals surface area contributed by atoms with E-state index in [4.69, 9.17) is 15.0 Å².